The van der Waals surface area contributed by atoms with Gasteiger partial charge in [0, 0.05) is 12.4 Å². The van der Waals surface area contributed by atoms with Gasteiger partial charge in [0.15, 0.2) is 0 Å². The molecule has 2 aromatic rings. The van der Waals surface area contributed by atoms with Crippen molar-refractivity contribution in [2.24, 2.45) is 4.99 Å². The summed E-state index contributed by atoms with van der Waals surface area (Å²) in [5, 5.41) is 0. The van der Waals surface area contributed by atoms with Crippen LogP contribution in [0.2, 0.25) is 0 Å². The first kappa shape index (κ1) is 12.4. The van der Waals surface area contributed by atoms with Crippen molar-refractivity contribution < 1.29 is 4.74 Å². The normalized spacial score (nSPS) is 11.7. The van der Waals surface area contributed by atoms with E-state index in [4.69, 9.17) is 4.74 Å². The molecular formula is C14H17N3O. The zero-order chi connectivity index (χ0) is 13.1. The number of nitrogens with zero attached hydrogens (tertiary/aromatic N) is 3. The number of imidazole rings is 1. The summed E-state index contributed by atoms with van der Waals surface area (Å²) in [4.78, 5) is 8.84. The molecule has 0 N–H and O–H groups in total. The van der Waals surface area contributed by atoms with E-state index in [1.807, 2.05) is 49.7 Å². The second kappa shape index (κ2) is 5.04. The van der Waals surface area contributed by atoms with Crippen LogP contribution in [0.4, 0.5) is 5.69 Å². The molecule has 0 bridgehead atoms. The van der Waals surface area contributed by atoms with Gasteiger partial charge in [-0.25, -0.2) is 9.98 Å². The molecule has 1 heterocycles. The summed E-state index contributed by atoms with van der Waals surface area (Å²) >= 11 is 0. The number of benzene rings is 1. The molecule has 1 aromatic carbocycles. The molecule has 4 nitrogen and oxygen atoms in total. The SMILES string of the molecule is COc1cccc(C)c1N=C(C)n1ccnc1C. The zero-order valence-corrected chi connectivity index (χ0v) is 11.1. The van der Waals surface area contributed by atoms with Crippen molar-refractivity contribution in [3.05, 3.63) is 42.0 Å². The Balaban J connectivity index is 2.48. The van der Waals surface area contributed by atoms with Crippen LogP contribution in [0.5, 0.6) is 5.75 Å². The van der Waals surface area contributed by atoms with Crippen molar-refractivity contribution in [2.75, 3.05) is 7.11 Å². The Morgan fingerprint density at radius 3 is 2.72 bits per heavy atom. The third-order valence-corrected chi connectivity index (χ3v) is 2.87. The Kier molecular flexibility index (Phi) is 3.46. The average molecular weight is 243 g/mol. The minimum atomic E-state index is 0.784. The molecule has 0 saturated heterocycles. The van der Waals surface area contributed by atoms with Crippen molar-refractivity contribution in [1.29, 1.82) is 0 Å². The van der Waals surface area contributed by atoms with E-state index in [0.29, 0.717) is 0 Å². The van der Waals surface area contributed by atoms with Crippen LogP contribution in [0.15, 0.2) is 35.6 Å². The first-order valence-corrected chi connectivity index (χ1v) is 5.82. The quantitative estimate of drug-likeness (QED) is 0.600. The lowest BCUT2D eigenvalue weighted by Gasteiger charge is -2.09. The first-order chi connectivity index (χ1) is 8.63. The van der Waals surface area contributed by atoms with E-state index in [-0.39, 0.29) is 0 Å². The number of hydrogen-bond acceptors (Lipinski definition) is 3. The fourth-order valence-corrected chi connectivity index (χ4v) is 1.88. The summed E-state index contributed by atoms with van der Waals surface area (Å²) in [6, 6.07) is 5.90. The molecule has 0 amide bonds. The number of aromatic nitrogens is 2. The lowest BCUT2D eigenvalue weighted by Crippen LogP contribution is -2.08. The van der Waals surface area contributed by atoms with Crippen LogP contribution in [0.3, 0.4) is 0 Å². The molecular weight excluding hydrogens is 226 g/mol. The topological polar surface area (TPSA) is 39.4 Å². The maximum atomic E-state index is 5.34. The maximum Gasteiger partial charge on any atom is 0.144 e. The molecule has 18 heavy (non-hydrogen) atoms. The van der Waals surface area contributed by atoms with Gasteiger partial charge in [-0.05, 0) is 32.4 Å². The fraction of sp³-hybridized carbons (Fsp3) is 0.286. The Hall–Kier alpha value is -2.10. The molecule has 2 rings (SSSR count). The van der Waals surface area contributed by atoms with E-state index in [1.165, 1.54) is 0 Å². The van der Waals surface area contributed by atoms with Crippen LogP contribution in [0.1, 0.15) is 18.3 Å². The van der Waals surface area contributed by atoms with Crippen LogP contribution >= 0.6 is 0 Å². The Bertz CT molecular complexity index is 584. The Labute approximate surface area is 107 Å². The number of aliphatic imine (C=N–C) groups is 1. The third kappa shape index (κ3) is 2.27. The van der Waals surface area contributed by atoms with Gasteiger partial charge in [-0.2, -0.15) is 0 Å². The van der Waals surface area contributed by atoms with Gasteiger partial charge < -0.3 is 4.74 Å². The third-order valence-electron chi connectivity index (χ3n) is 2.87. The molecule has 0 fully saturated rings. The standard InChI is InChI=1S/C14H17N3O/c1-10-6-5-7-13(18-4)14(10)16-12(3)17-9-8-15-11(17)2/h5-9H,1-4H3. The molecule has 0 radical (unpaired) electrons. The first-order valence-electron chi connectivity index (χ1n) is 5.82. The van der Waals surface area contributed by atoms with Crippen molar-refractivity contribution in [1.82, 2.24) is 9.55 Å². The number of para-hydroxylation sites is 1. The highest BCUT2D eigenvalue weighted by molar-refractivity contribution is 5.86. The molecule has 0 aliphatic heterocycles. The van der Waals surface area contributed by atoms with Gasteiger partial charge in [-0.15, -0.1) is 0 Å². The summed E-state index contributed by atoms with van der Waals surface area (Å²) < 4.78 is 7.29. The van der Waals surface area contributed by atoms with Crippen molar-refractivity contribution in [3.63, 3.8) is 0 Å². The zero-order valence-electron chi connectivity index (χ0n) is 11.1. The molecule has 0 aliphatic rings. The highest BCUT2D eigenvalue weighted by Gasteiger charge is 2.06. The molecule has 0 atom stereocenters. The molecule has 0 aliphatic carbocycles. The minimum Gasteiger partial charge on any atom is -0.494 e. The van der Waals surface area contributed by atoms with Crippen LogP contribution in [-0.2, 0) is 0 Å². The van der Waals surface area contributed by atoms with E-state index in [1.54, 1.807) is 13.3 Å². The van der Waals surface area contributed by atoms with E-state index in [9.17, 15) is 0 Å². The molecule has 0 unspecified atom stereocenters. The van der Waals surface area contributed by atoms with Gasteiger partial charge in [0.2, 0.25) is 0 Å². The molecule has 4 heteroatoms. The van der Waals surface area contributed by atoms with E-state index in [2.05, 4.69) is 9.98 Å². The van der Waals surface area contributed by atoms with Gasteiger partial charge in [0.05, 0.1) is 7.11 Å². The monoisotopic (exact) mass is 243 g/mol. The van der Waals surface area contributed by atoms with Crippen molar-refractivity contribution in [2.45, 2.75) is 20.8 Å². The van der Waals surface area contributed by atoms with Crippen LogP contribution in [0.25, 0.3) is 0 Å². The molecule has 94 valence electrons. The summed E-state index contributed by atoms with van der Waals surface area (Å²) in [5.41, 5.74) is 1.96. The second-order valence-corrected chi connectivity index (χ2v) is 4.13. The van der Waals surface area contributed by atoms with E-state index >= 15 is 0 Å². The minimum absolute atomic E-state index is 0.784. The van der Waals surface area contributed by atoms with Gasteiger partial charge >= 0.3 is 0 Å². The van der Waals surface area contributed by atoms with Gasteiger partial charge in [-0.3, -0.25) is 4.57 Å². The van der Waals surface area contributed by atoms with Gasteiger partial charge in [0.25, 0.3) is 0 Å². The molecule has 0 spiro atoms. The predicted molar refractivity (Wildman–Crippen MR) is 72.9 cm³/mol. The Morgan fingerprint density at radius 2 is 2.11 bits per heavy atom. The molecule has 0 saturated carbocycles. The highest BCUT2D eigenvalue weighted by Crippen LogP contribution is 2.30. The van der Waals surface area contributed by atoms with Crippen LogP contribution < -0.4 is 4.74 Å². The number of ether oxygens (including phenoxy) is 1. The summed E-state index contributed by atoms with van der Waals surface area (Å²) in [6.45, 7) is 5.93. The average Bonchev–Trinajstić information content (AvgIpc) is 2.78. The number of methoxy groups -OCH3 is 1. The van der Waals surface area contributed by atoms with Crippen LogP contribution in [-0.4, -0.2) is 22.5 Å². The summed E-state index contributed by atoms with van der Waals surface area (Å²) in [6.07, 6.45) is 3.67. The van der Waals surface area contributed by atoms with Crippen molar-refractivity contribution in [3.8, 4) is 5.75 Å². The summed E-state index contributed by atoms with van der Waals surface area (Å²) in [5.74, 6) is 2.58. The lowest BCUT2D eigenvalue weighted by molar-refractivity contribution is 0.416. The second-order valence-electron chi connectivity index (χ2n) is 4.13. The van der Waals surface area contributed by atoms with E-state index < -0.39 is 0 Å². The highest BCUT2D eigenvalue weighted by atomic mass is 16.5. The van der Waals surface area contributed by atoms with E-state index in [0.717, 1.165) is 28.7 Å². The van der Waals surface area contributed by atoms with Gasteiger partial charge in [0.1, 0.15) is 23.1 Å². The number of aryl methyl sites for hydroxylation is 2. The summed E-state index contributed by atoms with van der Waals surface area (Å²) in [7, 11) is 1.66. The fourth-order valence-electron chi connectivity index (χ4n) is 1.88. The van der Waals surface area contributed by atoms with Crippen LogP contribution in [0, 0.1) is 13.8 Å². The number of rotatable bonds is 2. The predicted octanol–water partition coefficient (Wildman–Crippen LogP) is 3.11. The lowest BCUT2D eigenvalue weighted by atomic mass is 10.2. The maximum absolute atomic E-state index is 5.34. The van der Waals surface area contributed by atoms with Crippen molar-refractivity contribution >= 4 is 11.5 Å². The largest absolute Gasteiger partial charge is 0.494 e. The molecule has 1 aromatic heterocycles. The Morgan fingerprint density at radius 1 is 1.33 bits per heavy atom. The number of hydrogen-bond donors (Lipinski definition) is 0. The van der Waals surface area contributed by atoms with Gasteiger partial charge in [-0.1, -0.05) is 12.1 Å². The smallest absolute Gasteiger partial charge is 0.144 e.